The van der Waals surface area contributed by atoms with Crippen molar-refractivity contribution in [2.75, 3.05) is 13.2 Å². The zero-order valence-corrected chi connectivity index (χ0v) is 39.3. The molecule has 0 aromatic carbocycles. The van der Waals surface area contributed by atoms with Crippen LogP contribution in [-0.2, 0) is 28.6 Å². The van der Waals surface area contributed by atoms with E-state index < -0.39 is 6.10 Å². The lowest BCUT2D eigenvalue weighted by molar-refractivity contribution is -0.167. The molecule has 1 atom stereocenters. The van der Waals surface area contributed by atoms with Gasteiger partial charge in [0.15, 0.2) is 6.10 Å². The summed E-state index contributed by atoms with van der Waals surface area (Å²) < 4.78 is 16.8. The van der Waals surface area contributed by atoms with Gasteiger partial charge in [0.05, 0.1) is 0 Å². The standard InChI is InChI=1S/C53H96O6/c1-4-7-10-13-16-19-22-25-27-29-31-34-37-40-43-46-52(55)58-49-50(48-57-51(54)45-42-39-36-33-30-24-21-18-15-12-9-6-3)59-53(56)47-44-41-38-35-32-28-26-23-20-17-14-11-8-5-2/h9,12,18,21,30,33,50H,4-8,10-11,13-17,19-20,22-29,31-32,34-49H2,1-3H3/b12-9-,21-18-,33-30-. The Hall–Kier alpha value is -2.37. The molecule has 6 heteroatoms. The van der Waals surface area contributed by atoms with Crippen LogP contribution in [0.1, 0.15) is 265 Å². The van der Waals surface area contributed by atoms with E-state index >= 15 is 0 Å². The van der Waals surface area contributed by atoms with E-state index in [1.807, 2.05) is 0 Å². The van der Waals surface area contributed by atoms with Crippen LogP contribution in [0.15, 0.2) is 36.5 Å². The fourth-order valence-corrected chi connectivity index (χ4v) is 7.34. The van der Waals surface area contributed by atoms with Gasteiger partial charge in [-0.2, -0.15) is 0 Å². The second-order valence-electron chi connectivity index (χ2n) is 17.1. The molecule has 0 aromatic heterocycles. The van der Waals surface area contributed by atoms with E-state index in [0.29, 0.717) is 19.3 Å². The van der Waals surface area contributed by atoms with Crippen molar-refractivity contribution in [3.05, 3.63) is 36.5 Å². The van der Waals surface area contributed by atoms with Gasteiger partial charge in [-0.15, -0.1) is 0 Å². The maximum absolute atomic E-state index is 12.8. The molecule has 0 heterocycles. The van der Waals surface area contributed by atoms with Crippen LogP contribution in [0.4, 0.5) is 0 Å². The normalized spacial score (nSPS) is 12.3. The Kier molecular flexibility index (Phi) is 46.4. The fourth-order valence-electron chi connectivity index (χ4n) is 7.34. The number of carbonyl (C=O) groups excluding carboxylic acids is 3. The molecule has 1 unspecified atom stereocenters. The van der Waals surface area contributed by atoms with Crippen molar-refractivity contribution in [1.82, 2.24) is 0 Å². The first-order chi connectivity index (χ1) is 29.0. The molecule has 6 nitrogen and oxygen atoms in total. The molecule has 0 fully saturated rings. The van der Waals surface area contributed by atoms with Crippen LogP contribution in [0.2, 0.25) is 0 Å². The highest BCUT2D eigenvalue weighted by molar-refractivity contribution is 5.71. The van der Waals surface area contributed by atoms with Crippen LogP contribution in [0.5, 0.6) is 0 Å². The average molecular weight is 829 g/mol. The molecule has 0 saturated heterocycles. The van der Waals surface area contributed by atoms with Gasteiger partial charge in [0.25, 0.3) is 0 Å². The first-order valence-electron chi connectivity index (χ1n) is 25.5. The maximum Gasteiger partial charge on any atom is 0.306 e. The summed E-state index contributed by atoms with van der Waals surface area (Å²) in [5, 5.41) is 0. The van der Waals surface area contributed by atoms with Gasteiger partial charge in [-0.05, 0) is 51.4 Å². The lowest BCUT2D eigenvalue weighted by atomic mass is 10.0. The van der Waals surface area contributed by atoms with Crippen LogP contribution >= 0.6 is 0 Å². The van der Waals surface area contributed by atoms with Gasteiger partial charge in [-0.3, -0.25) is 14.4 Å². The van der Waals surface area contributed by atoms with Gasteiger partial charge in [0, 0.05) is 19.3 Å². The van der Waals surface area contributed by atoms with Crippen molar-refractivity contribution in [2.45, 2.75) is 271 Å². The molecule has 0 aliphatic carbocycles. The predicted octanol–water partition coefficient (Wildman–Crippen LogP) is 16.5. The summed E-state index contributed by atoms with van der Waals surface area (Å²) in [6, 6.07) is 0. The maximum atomic E-state index is 12.8. The number of hydrogen-bond acceptors (Lipinski definition) is 6. The molecule has 0 saturated carbocycles. The summed E-state index contributed by atoms with van der Waals surface area (Å²) in [7, 11) is 0. The number of esters is 3. The van der Waals surface area contributed by atoms with Crippen molar-refractivity contribution in [1.29, 1.82) is 0 Å². The lowest BCUT2D eigenvalue weighted by Crippen LogP contribution is -2.30. The minimum absolute atomic E-state index is 0.0799. The number of hydrogen-bond donors (Lipinski definition) is 0. The number of allylic oxidation sites excluding steroid dienone is 6. The Morgan fingerprint density at radius 3 is 1.03 bits per heavy atom. The topological polar surface area (TPSA) is 78.9 Å². The summed E-state index contributed by atoms with van der Waals surface area (Å²) in [6.07, 6.45) is 55.6. The van der Waals surface area contributed by atoms with Crippen molar-refractivity contribution >= 4 is 17.9 Å². The largest absolute Gasteiger partial charge is 0.462 e. The lowest BCUT2D eigenvalue weighted by Gasteiger charge is -2.18. The molecule has 0 aliphatic heterocycles. The summed E-state index contributed by atoms with van der Waals surface area (Å²) in [6.45, 7) is 6.51. The van der Waals surface area contributed by atoms with E-state index in [9.17, 15) is 14.4 Å². The molecular formula is C53H96O6. The summed E-state index contributed by atoms with van der Waals surface area (Å²) >= 11 is 0. The van der Waals surface area contributed by atoms with Gasteiger partial charge < -0.3 is 14.2 Å². The second-order valence-corrected chi connectivity index (χ2v) is 17.1. The Bertz CT molecular complexity index is 1000. The molecule has 0 radical (unpaired) electrons. The van der Waals surface area contributed by atoms with Crippen molar-refractivity contribution in [2.24, 2.45) is 0 Å². The minimum atomic E-state index is -0.781. The SMILES string of the molecule is CC/C=C\C/C=C\C/C=C\CCCCC(=O)OCC(COC(=O)CCCCCCCCCCCCCCCCC)OC(=O)CCCCCCCCCCCCCCCC. The van der Waals surface area contributed by atoms with Crippen LogP contribution in [-0.4, -0.2) is 37.2 Å². The van der Waals surface area contributed by atoms with Gasteiger partial charge in [0.2, 0.25) is 0 Å². The third kappa shape index (κ3) is 46.5. The Labute approximate surface area is 365 Å². The number of ether oxygens (including phenoxy) is 3. The second kappa shape index (κ2) is 48.3. The zero-order valence-electron chi connectivity index (χ0n) is 39.3. The highest BCUT2D eigenvalue weighted by atomic mass is 16.6. The summed E-state index contributed by atoms with van der Waals surface area (Å²) in [5.74, 6) is -0.910. The Morgan fingerprint density at radius 1 is 0.356 bits per heavy atom. The van der Waals surface area contributed by atoms with E-state index in [1.165, 1.54) is 148 Å². The highest BCUT2D eigenvalue weighted by Gasteiger charge is 2.19. The first kappa shape index (κ1) is 56.6. The van der Waals surface area contributed by atoms with Crippen LogP contribution in [0.25, 0.3) is 0 Å². The smallest absolute Gasteiger partial charge is 0.306 e. The van der Waals surface area contributed by atoms with Crippen LogP contribution in [0.3, 0.4) is 0 Å². The van der Waals surface area contributed by atoms with Crippen LogP contribution in [0, 0.1) is 0 Å². The quantitative estimate of drug-likeness (QED) is 0.0263. The molecule has 0 rings (SSSR count). The average Bonchev–Trinajstić information content (AvgIpc) is 3.23. The molecule has 0 aliphatic rings. The number of carbonyl (C=O) groups is 3. The Balaban J connectivity index is 4.37. The van der Waals surface area contributed by atoms with E-state index in [1.54, 1.807) is 0 Å². The van der Waals surface area contributed by atoms with Crippen molar-refractivity contribution in [3.8, 4) is 0 Å². The summed E-state index contributed by atoms with van der Waals surface area (Å²) in [4.78, 5) is 37.9. The monoisotopic (exact) mass is 829 g/mol. The third-order valence-electron chi connectivity index (χ3n) is 11.2. The Morgan fingerprint density at radius 2 is 0.661 bits per heavy atom. The first-order valence-corrected chi connectivity index (χ1v) is 25.5. The molecule has 0 amide bonds. The van der Waals surface area contributed by atoms with Crippen molar-refractivity contribution in [3.63, 3.8) is 0 Å². The van der Waals surface area contributed by atoms with Crippen molar-refractivity contribution < 1.29 is 28.6 Å². The number of unbranched alkanes of at least 4 members (excludes halogenated alkanes) is 29. The van der Waals surface area contributed by atoms with Crippen LogP contribution < -0.4 is 0 Å². The van der Waals surface area contributed by atoms with Gasteiger partial charge >= 0.3 is 17.9 Å². The molecule has 59 heavy (non-hydrogen) atoms. The van der Waals surface area contributed by atoms with Gasteiger partial charge in [-0.1, -0.05) is 231 Å². The predicted molar refractivity (Wildman–Crippen MR) is 252 cm³/mol. The molecule has 0 bridgehead atoms. The van der Waals surface area contributed by atoms with Gasteiger partial charge in [0.1, 0.15) is 13.2 Å². The number of rotatable bonds is 46. The highest BCUT2D eigenvalue weighted by Crippen LogP contribution is 2.16. The van der Waals surface area contributed by atoms with E-state index in [0.717, 1.165) is 77.0 Å². The van der Waals surface area contributed by atoms with E-state index in [4.69, 9.17) is 14.2 Å². The van der Waals surface area contributed by atoms with E-state index in [2.05, 4.69) is 57.2 Å². The van der Waals surface area contributed by atoms with E-state index in [-0.39, 0.29) is 31.1 Å². The fraction of sp³-hybridized carbons (Fsp3) is 0.830. The molecule has 0 spiro atoms. The third-order valence-corrected chi connectivity index (χ3v) is 11.2. The molecule has 344 valence electrons. The summed E-state index contributed by atoms with van der Waals surface area (Å²) in [5.41, 5.74) is 0. The molecule has 0 N–H and O–H groups in total. The minimum Gasteiger partial charge on any atom is -0.462 e. The molecule has 0 aromatic rings. The molecular weight excluding hydrogens is 733 g/mol. The zero-order chi connectivity index (χ0) is 43.0. The van der Waals surface area contributed by atoms with Gasteiger partial charge in [-0.25, -0.2) is 0 Å².